The molecule has 0 amide bonds. The first-order valence-electron chi connectivity index (χ1n) is 4.32. The van der Waals surface area contributed by atoms with Gasteiger partial charge in [-0.1, -0.05) is 13.3 Å². The zero-order chi connectivity index (χ0) is 10.7. The fourth-order valence-corrected chi connectivity index (χ4v) is 1.28. The monoisotopic (exact) mass is 235 g/mol. The van der Waals surface area contributed by atoms with Gasteiger partial charge in [-0.25, -0.2) is 0 Å². The van der Waals surface area contributed by atoms with E-state index in [-0.39, 0.29) is 18.1 Å². The highest BCUT2D eigenvalue weighted by Crippen LogP contribution is 2.16. The van der Waals surface area contributed by atoms with Gasteiger partial charge < -0.3 is 16.0 Å². The Hall–Kier alpha value is -1.27. The highest BCUT2D eigenvalue weighted by Gasteiger charge is 2.23. The molecule has 1 atom stereocenters. The molecule has 7 heteroatoms. The molecular formula is C8H14ClN3O3. The third-order valence-corrected chi connectivity index (χ3v) is 1.95. The molecule has 1 aromatic heterocycles. The van der Waals surface area contributed by atoms with Crippen molar-refractivity contribution < 1.29 is 15.1 Å². The Bertz CT molecular complexity index is 340. The molecule has 1 aromatic rings. The van der Waals surface area contributed by atoms with Crippen LogP contribution in [0.15, 0.2) is 6.20 Å². The number of carboxylic acids is 1. The van der Waals surface area contributed by atoms with E-state index in [1.807, 2.05) is 6.92 Å². The fraction of sp³-hybridized carbons (Fsp3) is 0.500. The third kappa shape index (κ3) is 2.84. The molecule has 1 heterocycles. The molecule has 0 aromatic carbocycles. The highest BCUT2D eigenvalue weighted by molar-refractivity contribution is 5.85. The molecule has 0 saturated heterocycles. The number of nitrogens with two attached hydrogens (primary N) is 1. The van der Waals surface area contributed by atoms with E-state index in [4.69, 9.17) is 10.8 Å². The molecule has 0 aliphatic heterocycles. The quantitative estimate of drug-likeness (QED) is 0.663. The second kappa shape index (κ2) is 5.57. The van der Waals surface area contributed by atoms with Crippen LogP contribution < -0.4 is 5.73 Å². The zero-order valence-corrected chi connectivity index (χ0v) is 9.07. The van der Waals surface area contributed by atoms with Crippen molar-refractivity contribution in [2.24, 2.45) is 5.73 Å². The number of hydrogen-bond donors (Lipinski definition) is 3. The Labute approximate surface area is 93.1 Å². The zero-order valence-electron chi connectivity index (χ0n) is 8.25. The predicted molar refractivity (Wildman–Crippen MR) is 55.2 cm³/mol. The van der Waals surface area contributed by atoms with Crippen molar-refractivity contribution >= 4 is 18.4 Å². The van der Waals surface area contributed by atoms with E-state index in [1.165, 1.54) is 6.20 Å². The third-order valence-electron chi connectivity index (χ3n) is 1.95. The Morgan fingerprint density at radius 3 is 2.80 bits per heavy atom. The van der Waals surface area contributed by atoms with Crippen LogP contribution in [0.5, 0.6) is 0 Å². The maximum absolute atomic E-state index is 10.6. The standard InChI is InChI=1S/C8H13N3O3.ClH/c1-2-3-5-4-10-11(14)7(5)6(9)8(12)13;/h4,6,14H,2-3,9H2,1H3,(H,12,13);1H. The van der Waals surface area contributed by atoms with Crippen molar-refractivity contribution in [3.8, 4) is 0 Å². The second-order valence-electron chi connectivity index (χ2n) is 3.01. The van der Waals surface area contributed by atoms with Crippen molar-refractivity contribution in [3.63, 3.8) is 0 Å². The summed E-state index contributed by atoms with van der Waals surface area (Å²) in [7, 11) is 0. The molecule has 1 rings (SSSR count). The average molecular weight is 236 g/mol. The predicted octanol–water partition coefficient (Wildman–Crippen LogP) is 0.579. The van der Waals surface area contributed by atoms with Crippen LogP contribution in [0.4, 0.5) is 0 Å². The summed E-state index contributed by atoms with van der Waals surface area (Å²) in [6.07, 6.45) is 2.92. The van der Waals surface area contributed by atoms with Crippen molar-refractivity contribution in [2.75, 3.05) is 0 Å². The van der Waals surface area contributed by atoms with Crippen LogP contribution in [0, 0.1) is 0 Å². The van der Waals surface area contributed by atoms with E-state index in [0.29, 0.717) is 16.8 Å². The van der Waals surface area contributed by atoms with Gasteiger partial charge in [0.25, 0.3) is 0 Å². The summed E-state index contributed by atoms with van der Waals surface area (Å²) in [4.78, 5) is 11.2. The van der Waals surface area contributed by atoms with Crippen molar-refractivity contribution in [1.82, 2.24) is 9.94 Å². The van der Waals surface area contributed by atoms with Gasteiger partial charge in [0.05, 0.1) is 6.20 Å². The number of halogens is 1. The number of nitrogens with zero attached hydrogens (tertiary/aromatic N) is 2. The highest BCUT2D eigenvalue weighted by atomic mass is 35.5. The van der Waals surface area contributed by atoms with Crippen molar-refractivity contribution in [1.29, 1.82) is 0 Å². The van der Waals surface area contributed by atoms with Gasteiger partial charge in [0, 0.05) is 0 Å². The number of rotatable bonds is 4. The lowest BCUT2D eigenvalue weighted by Crippen LogP contribution is -2.24. The summed E-state index contributed by atoms with van der Waals surface area (Å²) in [6.45, 7) is 1.95. The van der Waals surface area contributed by atoms with Crippen LogP contribution in [0.2, 0.25) is 0 Å². The number of carbonyl (C=O) groups is 1. The molecule has 6 nitrogen and oxygen atoms in total. The SMILES string of the molecule is CCCc1cnn(O)c1C(N)C(=O)O.Cl. The molecule has 0 fully saturated rings. The van der Waals surface area contributed by atoms with Crippen LogP contribution in [0.1, 0.15) is 30.6 Å². The van der Waals surface area contributed by atoms with Gasteiger partial charge in [-0.3, -0.25) is 4.79 Å². The molecule has 0 aliphatic rings. The molecule has 1 unspecified atom stereocenters. The van der Waals surface area contributed by atoms with Gasteiger partial charge in [-0.15, -0.1) is 22.4 Å². The number of hydrogen-bond acceptors (Lipinski definition) is 4. The minimum atomic E-state index is -1.23. The van der Waals surface area contributed by atoms with Crippen LogP contribution >= 0.6 is 12.4 Å². The van der Waals surface area contributed by atoms with Crippen LogP contribution in [0.25, 0.3) is 0 Å². The molecule has 15 heavy (non-hydrogen) atoms. The molecule has 0 aliphatic carbocycles. The topological polar surface area (TPSA) is 101 Å². The molecular weight excluding hydrogens is 222 g/mol. The van der Waals surface area contributed by atoms with Gasteiger partial charge in [-0.2, -0.15) is 0 Å². The second-order valence-corrected chi connectivity index (χ2v) is 3.01. The van der Waals surface area contributed by atoms with Crippen molar-refractivity contribution in [3.05, 3.63) is 17.5 Å². The summed E-state index contributed by atoms with van der Waals surface area (Å²) in [5, 5.41) is 21.5. The smallest absolute Gasteiger partial charge is 0.326 e. The molecule has 0 bridgehead atoms. The first kappa shape index (κ1) is 13.7. The number of aryl methyl sites for hydroxylation is 1. The summed E-state index contributed by atoms with van der Waals surface area (Å²) in [6, 6.07) is -1.23. The van der Waals surface area contributed by atoms with Gasteiger partial charge in [0.2, 0.25) is 0 Å². The van der Waals surface area contributed by atoms with Gasteiger partial charge >= 0.3 is 5.97 Å². The van der Waals surface area contributed by atoms with E-state index >= 15 is 0 Å². The van der Waals surface area contributed by atoms with Gasteiger partial charge in [0.1, 0.15) is 11.7 Å². The number of aromatic nitrogens is 2. The van der Waals surface area contributed by atoms with Crippen LogP contribution in [-0.4, -0.2) is 26.2 Å². The molecule has 0 spiro atoms. The van der Waals surface area contributed by atoms with Crippen molar-refractivity contribution in [2.45, 2.75) is 25.8 Å². The summed E-state index contributed by atoms with van der Waals surface area (Å²) in [5.41, 5.74) is 6.22. The number of aliphatic carboxylic acids is 1. The van der Waals surface area contributed by atoms with Gasteiger partial charge in [-0.05, 0) is 12.0 Å². The lowest BCUT2D eigenvalue weighted by atomic mass is 10.1. The van der Waals surface area contributed by atoms with E-state index in [2.05, 4.69) is 5.10 Å². The van der Waals surface area contributed by atoms with Crippen LogP contribution in [-0.2, 0) is 11.2 Å². The maximum Gasteiger partial charge on any atom is 0.326 e. The number of carboxylic acid groups (broad SMARTS) is 1. The largest absolute Gasteiger partial charge is 0.480 e. The lowest BCUT2D eigenvalue weighted by Gasteiger charge is -2.07. The van der Waals surface area contributed by atoms with Crippen LogP contribution in [0.3, 0.4) is 0 Å². The maximum atomic E-state index is 10.6. The van der Waals surface area contributed by atoms with Gasteiger partial charge in [0.15, 0.2) is 0 Å². The Balaban J connectivity index is 0.00000196. The first-order valence-corrected chi connectivity index (χ1v) is 4.32. The minimum Gasteiger partial charge on any atom is -0.480 e. The molecule has 0 radical (unpaired) electrons. The normalized spacial score (nSPS) is 11.9. The average Bonchev–Trinajstić information content (AvgIpc) is 2.47. The lowest BCUT2D eigenvalue weighted by molar-refractivity contribution is -0.139. The van der Waals surface area contributed by atoms with E-state index < -0.39 is 12.0 Å². The van der Waals surface area contributed by atoms with E-state index in [9.17, 15) is 10.0 Å². The molecule has 4 N–H and O–H groups in total. The summed E-state index contributed by atoms with van der Waals surface area (Å²) in [5.74, 6) is -1.18. The van der Waals surface area contributed by atoms with E-state index in [0.717, 1.165) is 6.42 Å². The first-order chi connectivity index (χ1) is 6.57. The fourth-order valence-electron chi connectivity index (χ4n) is 1.28. The summed E-state index contributed by atoms with van der Waals surface area (Å²) < 4.78 is 0. The Kier molecular flexibility index (Phi) is 5.10. The molecule has 86 valence electrons. The molecule has 0 saturated carbocycles. The Morgan fingerprint density at radius 1 is 1.73 bits per heavy atom. The Morgan fingerprint density at radius 2 is 2.33 bits per heavy atom. The minimum absolute atomic E-state index is 0. The van der Waals surface area contributed by atoms with E-state index in [1.54, 1.807) is 0 Å². The summed E-state index contributed by atoms with van der Waals surface area (Å²) >= 11 is 0.